The fourth-order valence-corrected chi connectivity index (χ4v) is 3.49. The molecule has 2 aromatic rings. The van der Waals surface area contributed by atoms with E-state index in [4.69, 9.17) is 9.88 Å². The molecule has 9 heteroatoms. The fraction of sp³-hybridized carbons (Fsp3) is 0.0714. The van der Waals surface area contributed by atoms with Crippen LogP contribution in [-0.4, -0.2) is 20.9 Å². The number of sulfonamides is 1. The minimum Gasteiger partial charge on any atom is -0.481 e. The maximum absolute atomic E-state index is 11.9. The highest BCUT2D eigenvalue weighted by Gasteiger charge is 2.11. The number of nitrogens with one attached hydrogen (secondary N) is 1. The van der Waals surface area contributed by atoms with Crippen molar-refractivity contribution < 1.29 is 17.9 Å². The lowest BCUT2D eigenvalue weighted by molar-refractivity contribution is -0.118. The van der Waals surface area contributed by atoms with Crippen LogP contribution in [0, 0.1) is 0 Å². The van der Waals surface area contributed by atoms with Crippen LogP contribution in [0.3, 0.4) is 0 Å². The third kappa shape index (κ3) is 5.03. The molecule has 6 nitrogen and oxygen atoms in total. The van der Waals surface area contributed by atoms with Crippen LogP contribution in [0.4, 0.5) is 5.69 Å². The van der Waals surface area contributed by atoms with E-state index in [1.165, 1.54) is 18.2 Å². The van der Waals surface area contributed by atoms with Crippen molar-refractivity contribution in [2.45, 2.75) is 4.90 Å². The smallest absolute Gasteiger partial charge is 0.262 e. The third-order valence-corrected chi connectivity index (χ3v) is 4.87. The molecule has 0 unspecified atom stereocenters. The van der Waals surface area contributed by atoms with E-state index in [1.54, 1.807) is 18.2 Å². The van der Waals surface area contributed by atoms with Crippen LogP contribution >= 0.6 is 31.9 Å². The quantitative estimate of drug-likeness (QED) is 0.712. The zero-order valence-electron chi connectivity index (χ0n) is 11.6. The van der Waals surface area contributed by atoms with Gasteiger partial charge in [-0.3, -0.25) is 4.79 Å². The Bertz CT molecular complexity index is 820. The molecule has 2 aromatic carbocycles. The number of anilines is 1. The van der Waals surface area contributed by atoms with Gasteiger partial charge in [0.25, 0.3) is 5.91 Å². The number of hydrogen-bond donors (Lipinski definition) is 2. The standard InChI is InChI=1S/C14H12Br2N2O4S/c15-11-5-2-6-12(16)14(11)22-8-13(19)18-9-3-1-4-10(7-9)23(17,20)21/h1-7H,8H2,(H,18,19)(H2,17,20,21). The molecule has 0 bridgehead atoms. The van der Waals surface area contributed by atoms with E-state index >= 15 is 0 Å². The highest BCUT2D eigenvalue weighted by molar-refractivity contribution is 9.11. The summed E-state index contributed by atoms with van der Waals surface area (Å²) < 4.78 is 29.4. The first-order valence-electron chi connectivity index (χ1n) is 6.27. The van der Waals surface area contributed by atoms with E-state index in [0.29, 0.717) is 20.4 Å². The van der Waals surface area contributed by atoms with Crippen LogP contribution < -0.4 is 15.2 Å². The van der Waals surface area contributed by atoms with E-state index in [0.717, 1.165) is 0 Å². The molecule has 0 aliphatic carbocycles. The highest BCUT2D eigenvalue weighted by Crippen LogP contribution is 2.32. The first kappa shape index (κ1) is 17.9. The second-order valence-electron chi connectivity index (χ2n) is 4.46. The van der Waals surface area contributed by atoms with Gasteiger partial charge in [0.15, 0.2) is 6.61 Å². The number of nitrogens with two attached hydrogens (primary N) is 1. The van der Waals surface area contributed by atoms with Crippen LogP contribution in [0.2, 0.25) is 0 Å². The number of primary sulfonamides is 1. The molecule has 122 valence electrons. The number of carbonyl (C=O) groups excluding carboxylic acids is 1. The van der Waals surface area contributed by atoms with Crippen molar-refractivity contribution in [3.05, 3.63) is 51.4 Å². The van der Waals surface area contributed by atoms with Crippen LogP contribution in [-0.2, 0) is 14.8 Å². The zero-order valence-corrected chi connectivity index (χ0v) is 15.6. The van der Waals surface area contributed by atoms with Crippen molar-refractivity contribution in [2.75, 3.05) is 11.9 Å². The number of amides is 1. The van der Waals surface area contributed by atoms with Gasteiger partial charge >= 0.3 is 0 Å². The van der Waals surface area contributed by atoms with Gasteiger partial charge in [-0.1, -0.05) is 12.1 Å². The van der Waals surface area contributed by atoms with E-state index < -0.39 is 15.9 Å². The van der Waals surface area contributed by atoms with Gasteiger partial charge in [-0.2, -0.15) is 0 Å². The minimum absolute atomic E-state index is 0.0789. The van der Waals surface area contributed by atoms with Gasteiger partial charge in [0, 0.05) is 5.69 Å². The Hall–Kier alpha value is -1.42. The van der Waals surface area contributed by atoms with Crippen LogP contribution in [0.15, 0.2) is 56.3 Å². The molecule has 2 rings (SSSR count). The van der Waals surface area contributed by atoms with Gasteiger partial charge in [0.05, 0.1) is 13.8 Å². The molecule has 0 spiro atoms. The first-order chi connectivity index (χ1) is 10.8. The first-order valence-corrected chi connectivity index (χ1v) is 9.40. The molecule has 0 heterocycles. The zero-order chi connectivity index (χ0) is 17.0. The summed E-state index contributed by atoms with van der Waals surface area (Å²) in [5, 5.41) is 7.60. The Morgan fingerprint density at radius 2 is 1.74 bits per heavy atom. The summed E-state index contributed by atoms with van der Waals surface area (Å²) in [6, 6.07) is 11.1. The second kappa shape index (κ2) is 7.43. The molecule has 23 heavy (non-hydrogen) atoms. The number of para-hydroxylation sites is 1. The average molecular weight is 464 g/mol. The number of ether oxygens (including phenoxy) is 1. The lowest BCUT2D eigenvalue weighted by Crippen LogP contribution is -2.21. The summed E-state index contributed by atoms with van der Waals surface area (Å²) >= 11 is 6.66. The van der Waals surface area contributed by atoms with Crippen LogP contribution in [0.1, 0.15) is 0 Å². The molecule has 0 saturated carbocycles. The highest BCUT2D eigenvalue weighted by atomic mass is 79.9. The van der Waals surface area contributed by atoms with Crippen molar-refractivity contribution in [3.63, 3.8) is 0 Å². The Kier molecular flexibility index (Phi) is 5.79. The van der Waals surface area contributed by atoms with Gasteiger partial charge in [0.2, 0.25) is 10.0 Å². The minimum atomic E-state index is -3.82. The lowest BCUT2D eigenvalue weighted by atomic mass is 10.3. The van der Waals surface area contributed by atoms with Gasteiger partial charge in [0.1, 0.15) is 5.75 Å². The summed E-state index contributed by atoms with van der Waals surface area (Å²) in [7, 11) is -3.82. The van der Waals surface area contributed by atoms with Crippen molar-refractivity contribution >= 4 is 53.5 Å². The molecule has 0 fully saturated rings. The van der Waals surface area contributed by atoms with Crippen LogP contribution in [0.25, 0.3) is 0 Å². The van der Waals surface area contributed by atoms with Gasteiger partial charge in [-0.15, -0.1) is 0 Å². The molecule has 0 radical (unpaired) electrons. The van der Waals surface area contributed by atoms with Gasteiger partial charge in [-0.25, -0.2) is 13.6 Å². The maximum atomic E-state index is 11.9. The van der Waals surface area contributed by atoms with Crippen LogP contribution in [0.5, 0.6) is 5.75 Å². The Balaban J connectivity index is 2.03. The average Bonchev–Trinajstić information content (AvgIpc) is 2.46. The number of rotatable bonds is 5. The molecule has 0 aromatic heterocycles. The predicted molar refractivity (Wildman–Crippen MR) is 93.8 cm³/mol. The monoisotopic (exact) mass is 462 g/mol. The van der Waals surface area contributed by atoms with E-state index in [-0.39, 0.29) is 11.5 Å². The topological polar surface area (TPSA) is 98.5 Å². The molecule has 0 aliphatic heterocycles. The Morgan fingerprint density at radius 1 is 1.13 bits per heavy atom. The summed E-state index contributed by atoms with van der Waals surface area (Å²) in [5.74, 6) is 0.0696. The molecular formula is C14H12Br2N2O4S. The van der Waals surface area contributed by atoms with Gasteiger partial charge in [-0.05, 0) is 62.2 Å². The van der Waals surface area contributed by atoms with Crippen molar-refractivity contribution in [3.8, 4) is 5.75 Å². The number of halogens is 2. The van der Waals surface area contributed by atoms with Gasteiger partial charge < -0.3 is 10.1 Å². The molecule has 3 N–H and O–H groups in total. The van der Waals surface area contributed by atoms with Crippen molar-refractivity contribution in [2.24, 2.45) is 5.14 Å². The Labute approximate surface area is 150 Å². The molecule has 0 aliphatic rings. The van der Waals surface area contributed by atoms with E-state index in [2.05, 4.69) is 37.2 Å². The van der Waals surface area contributed by atoms with E-state index in [9.17, 15) is 13.2 Å². The van der Waals surface area contributed by atoms with Crippen molar-refractivity contribution in [1.29, 1.82) is 0 Å². The lowest BCUT2D eigenvalue weighted by Gasteiger charge is -2.11. The Morgan fingerprint density at radius 3 is 2.35 bits per heavy atom. The second-order valence-corrected chi connectivity index (χ2v) is 7.73. The summed E-state index contributed by atoms with van der Waals surface area (Å²) in [6.45, 7) is -0.235. The number of benzene rings is 2. The maximum Gasteiger partial charge on any atom is 0.262 e. The predicted octanol–water partition coefficient (Wildman–Crippen LogP) is 2.88. The van der Waals surface area contributed by atoms with E-state index in [1.807, 2.05) is 6.07 Å². The number of carbonyl (C=O) groups is 1. The molecule has 0 saturated heterocycles. The normalized spacial score (nSPS) is 11.1. The third-order valence-electron chi connectivity index (χ3n) is 2.71. The fourth-order valence-electron chi connectivity index (χ4n) is 1.71. The SMILES string of the molecule is NS(=O)(=O)c1cccc(NC(=O)COc2c(Br)cccc2Br)c1. The summed E-state index contributed by atoms with van der Waals surface area (Å²) in [6.07, 6.45) is 0. The largest absolute Gasteiger partial charge is 0.481 e. The molecule has 1 amide bonds. The van der Waals surface area contributed by atoms with Crippen molar-refractivity contribution in [1.82, 2.24) is 0 Å². The number of hydrogen-bond acceptors (Lipinski definition) is 4. The summed E-state index contributed by atoms with van der Waals surface area (Å²) in [5.41, 5.74) is 0.316. The summed E-state index contributed by atoms with van der Waals surface area (Å²) in [4.78, 5) is 11.8. The molecular weight excluding hydrogens is 452 g/mol. The molecule has 0 atom stereocenters.